The third kappa shape index (κ3) is 4.73. The smallest absolute Gasteiger partial charge is 0.127 e. The highest BCUT2D eigenvalue weighted by atomic mass is 16.5. The van der Waals surface area contributed by atoms with E-state index in [-0.39, 0.29) is 5.92 Å². The number of anilines is 2. The van der Waals surface area contributed by atoms with Crippen molar-refractivity contribution in [3.05, 3.63) is 115 Å². The zero-order valence-corrected chi connectivity index (χ0v) is 16.5. The Hall–Kier alpha value is -3.92. The van der Waals surface area contributed by atoms with Crippen LogP contribution < -0.4 is 20.9 Å². The number of hydrogen-bond donors (Lipinski definition) is 2. The van der Waals surface area contributed by atoms with Gasteiger partial charge in [-0.3, -0.25) is 0 Å². The molecule has 0 aliphatic heterocycles. The minimum Gasteiger partial charge on any atom is -0.457 e. The summed E-state index contributed by atoms with van der Waals surface area (Å²) in [5, 5.41) is 0. The zero-order valence-electron chi connectivity index (χ0n) is 16.5. The fourth-order valence-corrected chi connectivity index (χ4v) is 3.07. The monoisotopic (exact) mass is 395 g/mol. The maximum absolute atomic E-state index is 5.85. The first-order valence-electron chi connectivity index (χ1n) is 9.66. The lowest BCUT2D eigenvalue weighted by molar-refractivity contribution is 0.482. The molecule has 0 spiro atoms. The highest BCUT2D eigenvalue weighted by Gasteiger charge is 2.10. The number of benzene rings is 4. The fourth-order valence-electron chi connectivity index (χ4n) is 3.07. The molecule has 30 heavy (non-hydrogen) atoms. The van der Waals surface area contributed by atoms with E-state index in [9.17, 15) is 0 Å². The molecule has 0 unspecified atom stereocenters. The number of hydrogen-bond acceptors (Lipinski definition) is 4. The van der Waals surface area contributed by atoms with Gasteiger partial charge in [0.05, 0.1) is 0 Å². The molecule has 0 saturated carbocycles. The van der Waals surface area contributed by atoms with Crippen LogP contribution in [0.15, 0.2) is 97.1 Å². The van der Waals surface area contributed by atoms with Gasteiger partial charge in [0.2, 0.25) is 0 Å². The van der Waals surface area contributed by atoms with Crippen LogP contribution in [0.4, 0.5) is 11.4 Å². The lowest BCUT2D eigenvalue weighted by Gasteiger charge is -2.14. The van der Waals surface area contributed by atoms with Gasteiger partial charge in [0, 0.05) is 17.3 Å². The van der Waals surface area contributed by atoms with Gasteiger partial charge in [-0.2, -0.15) is 0 Å². The first-order valence-corrected chi connectivity index (χ1v) is 9.66. The summed E-state index contributed by atoms with van der Waals surface area (Å²) >= 11 is 0. The molecule has 4 heteroatoms. The van der Waals surface area contributed by atoms with E-state index in [1.54, 1.807) is 0 Å². The van der Waals surface area contributed by atoms with E-state index in [1.165, 1.54) is 0 Å². The van der Waals surface area contributed by atoms with E-state index < -0.39 is 0 Å². The van der Waals surface area contributed by atoms with Crippen LogP contribution in [0.25, 0.3) is 0 Å². The van der Waals surface area contributed by atoms with Crippen LogP contribution in [0.5, 0.6) is 23.0 Å². The largest absolute Gasteiger partial charge is 0.457 e. The van der Waals surface area contributed by atoms with Crippen LogP contribution in [-0.4, -0.2) is 0 Å². The van der Waals surface area contributed by atoms with Crippen molar-refractivity contribution in [2.24, 2.45) is 0 Å². The van der Waals surface area contributed by atoms with Crippen molar-refractivity contribution in [1.82, 2.24) is 0 Å². The highest BCUT2D eigenvalue weighted by Crippen LogP contribution is 2.30. The topological polar surface area (TPSA) is 70.5 Å². The summed E-state index contributed by atoms with van der Waals surface area (Å²) in [6.07, 6.45) is 0. The average Bonchev–Trinajstić information content (AvgIpc) is 2.77. The summed E-state index contributed by atoms with van der Waals surface area (Å²) in [5.74, 6) is 3.03. The Kier molecular flexibility index (Phi) is 5.57. The standard InChI is InChI=1S/C26H23N2O2/c1-18(19-2-10-23(11-3-19)29-25-14-6-21(27)7-15-25)20-4-12-24(13-5-20)30-26-16-8-22(28)9-17-26/h2-18H,1,27-28H2. The number of nitrogen functional groups attached to an aromatic ring is 2. The van der Waals surface area contributed by atoms with Gasteiger partial charge in [-0.1, -0.05) is 24.3 Å². The second-order valence-electron chi connectivity index (χ2n) is 7.03. The molecule has 0 heterocycles. The number of ether oxygens (including phenoxy) is 2. The van der Waals surface area contributed by atoms with E-state index in [0.29, 0.717) is 11.4 Å². The van der Waals surface area contributed by atoms with Gasteiger partial charge in [-0.15, -0.1) is 0 Å². The Morgan fingerprint density at radius 3 is 1.03 bits per heavy atom. The van der Waals surface area contributed by atoms with Gasteiger partial charge in [-0.25, -0.2) is 0 Å². The predicted molar refractivity (Wildman–Crippen MR) is 122 cm³/mol. The fraction of sp³-hybridized carbons (Fsp3) is 0.0385. The Morgan fingerprint density at radius 1 is 0.467 bits per heavy atom. The lowest BCUT2D eigenvalue weighted by Crippen LogP contribution is -1.96. The van der Waals surface area contributed by atoms with Gasteiger partial charge in [0.25, 0.3) is 0 Å². The lowest BCUT2D eigenvalue weighted by atomic mass is 9.93. The van der Waals surface area contributed by atoms with Gasteiger partial charge in [0.15, 0.2) is 0 Å². The van der Waals surface area contributed by atoms with E-state index in [2.05, 4.69) is 6.92 Å². The molecular weight excluding hydrogens is 372 g/mol. The normalized spacial score (nSPS) is 10.7. The first kappa shape index (κ1) is 19.4. The van der Waals surface area contributed by atoms with E-state index in [0.717, 1.165) is 34.1 Å². The van der Waals surface area contributed by atoms with Gasteiger partial charge in [0.1, 0.15) is 23.0 Å². The summed E-state index contributed by atoms with van der Waals surface area (Å²) < 4.78 is 11.7. The SMILES string of the molecule is [CH2]C(c1ccc(Oc2ccc(N)cc2)cc1)c1ccc(Oc2ccc(N)cc2)cc1. The van der Waals surface area contributed by atoms with Gasteiger partial charge >= 0.3 is 0 Å². The van der Waals surface area contributed by atoms with Gasteiger partial charge in [-0.05, 0) is 90.8 Å². The molecule has 4 aromatic carbocycles. The van der Waals surface area contributed by atoms with Crippen LogP contribution in [0, 0.1) is 6.92 Å². The summed E-state index contributed by atoms with van der Waals surface area (Å²) in [7, 11) is 0. The number of nitrogens with two attached hydrogens (primary N) is 2. The molecule has 0 atom stereocenters. The van der Waals surface area contributed by atoms with Crippen molar-refractivity contribution in [1.29, 1.82) is 0 Å². The molecule has 0 aliphatic carbocycles. The van der Waals surface area contributed by atoms with Gasteiger partial charge < -0.3 is 20.9 Å². The van der Waals surface area contributed by atoms with Crippen LogP contribution >= 0.6 is 0 Å². The molecule has 0 bridgehead atoms. The summed E-state index contributed by atoms with van der Waals surface area (Å²) in [6, 6.07) is 30.6. The van der Waals surface area contributed by atoms with Crippen molar-refractivity contribution in [2.75, 3.05) is 11.5 Å². The zero-order chi connectivity index (χ0) is 20.9. The van der Waals surface area contributed by atoms with Crippen LogP contribution in [0.1, 0.15) is 17.0 Å². The Morgan fingerprint density at radius 2 is 0.733 bits per heavy atom. The molecule has 0 amide bonds. The highest BCUT2D eigenvalue weighted by molar-refractivity contribution is 5.45. The minimum atomic E-state index is 0.00106. The molecule has 4 rings (SSSR count). The van der Waals surface area contributed by atoms with Crippen molar-refractivity contribution in [3.63, 3.8) is 0 Å². The quantitative estimate of drug-likeness (QED) is 0.371. The first-order chi connectivity index (χ1) is 14.6. The van der Waals surface area contributed by atoms with E-state index in [4.69, 9.17) is 20.9 Å². The van der Waals surface area contributed by atoms with Crippen molar-refractivity contribution < 1.29 is 9.47 Å². The van der Waals surface area contributed by atoms with Crippen LogP contribution in [-0.2, 0) is 0 Å². The Labute approximate surface area is 176 Å². The number of rotatable bonds is 6. The molecular formula is C26H23N2O2. The summed E-state index contributed by atoms with van der Waals surface area (Å²) in [5.41, 5.74) is 15.0. The molecule has 4 aromatic rings. The summed E-state index contributed by atoms with van der Waals surface area (Å²) in [4.78, 5) is 0. The second-order valence-corrected chi connectivity index (χ2v) is 7.03. The molecule has 0 aromatic heterocycles. The average molecular weight is 395 g/mol. The molecule has 1 radical (unpaired) electrons. The maximum Gasteiger partial charge on any atom is 0.127 e. The molecule has 0 fully saturated rings. The third-order valence-corrected chi connectivity index (χ3v) is 4.80. The van der Waals surface area contributed by atoms with E-state index in [1.807, 2.05) is 97.1 Å². The van der Waals surface area contributed by atoms with Crippen molar-refractivity contribution >= 4 is 11.4 Å². The Balaban J connectivity index is 1.41. The molecule has 4 N–H and O–H groups in total. The van der Waals surface area contributed by atoms with Crippen LogP contribution in [0.2, 0.25) is 0 Å². The summed E-state index contributed by atoms with van der Waals surface area (Å²) in [6.45, 7) is 4.32. The molecule has 149 valence electrons. The Bertz CT molecular complexity index is 997. The van der Waals surface area contributed by atoms with Crippen molar-refractivity contribution in [3.8, 4) is 23.0 Å². The molecule has 0 aliphatic rings. The minimum absolute atomic E-state index is 0.00106. The third-order valence-electron chi connectivity index (χ3n) is 4.80. The van der Waals surface area contributed by atoms with Crippen molar-refractivity contribution in [2.45, 2.75) is 5.92 Å². The van der Waals surface area contributed by atoms with Crippen LogP contribution in [0.3, 0.4) is 0 Å². The molecule has 0 saturated heterocycles. The van der Waals surface area contributed by atoms with E-state index >= 15 is 0 Å². The molecule has 4 nitrogen and oxygen atoms in total. The second kappa shape index (κ2) is 8.62. The maximum atomic E-state index is 5.85. The predicted octanol–water partition coefficient (Wildman–Crippen LogP) is 6.40.